The highest BCUT2D eigenvalue weighted by Crippen LogP contribution is 2.11. The van der Waals surface area contributed by atoms with Gasteiger partial charge in [0.1, 0.15) is 11.9 Å². The lowest BCUT2D eigenvalue weighted by Gasteiger charge is -2.23. The van der Waals surface area contributed by atoms with Gasteiger partial charge in [-0.25, -0.2) is 9.18 Å². The van der Waals surface area contributed by atoms with E-state index in [9.17, 15) is 18.8 Å². The minimum Gasteiger partial charge on any atom is -0.451 e. The summed E-state index contributed by atoms with van der Waals surface area (Å²) in [4.78, 5) is 37.0. The molecule has 6 nitrogen and oxygen atoms in total. The fourth-order valence-corrected chi connectivity index (χ4v) is 2.58. The molecule has 2 rings (SSSR count). The van der Waals surface area contributed by atoms with E-state index in [1.54, 1.807) is 13.8 Å². The Balaban J connectivity index is 1.92. The van der Waals surface area contributed by atoms with Crippen molar-refractivity contribution in [3.05, 3.63) is 66.0 Å². The van der Waals surface area contributed by atoms with E-state index in [-0.39, 0.29) is 18.2 Å². The van der Waals surface area contributed by atoms with Crippen LogP contribution < -0.4 is 10.6 Å². The first kappa shape index (κ1) is 22.1. The first-order valence-electron chi connectivity index (χ1n) is 9.36. The molecule has 2 N–H and O–H groups in total. The van der Waals surface area contributed by atoms with Gasteiger partial charge in [0.15, 0.2) is 6.10 Å². The molecule has 0 bridgehead atoms. The zero-order valence-electron chi connectivity index (χ0n) is 16.6. The molecule has 0 aliphatic carbocycles. The fraction of sp³-hybridized carbons (Fsp3) is 0.318. The van der Waals surface area contributed by atoms with Crippen molar-refractivity contribution in [1.29, 1.82) is 0 Å². The van der Waals surface area contributed by atoms with Crippen LogP contribution in [0.25, 0.3) is 0 Å². The SMILES string of the molecule is CC(OC(=O)[C@@H](NC(=O)Cc1ccccc1)C(C)C)C(=O)Nc1ccc(F)cc1. The number of halogens is 1. The molecule has 7 heteroatoms. The van der Waals surface area contributed by atoms with Crippen molar-refractivity contribution >= 4 is 23.5 Å². The highest BCUT2D eigenvalue weighted by atomic mass is 19.1. The third kappa shape index (κ3) is 7.03. The van der Waals surface area contributed by atoms with E-state index in [0.29, 0.717) is 5.69 Å². The second kappa shape index (κ2) is 10.4. The molecule has 2 atom stereocenters. The van der Waals surface area contributed by atoms with Crippen LogP contribution in [0.1, 0.15) is 26.3 Å². The summed E-state index contributed by atoms with van der Waals surface area (Å²) < 4.78 is 18.2. The maximum absolute atomic E-state index is 12.9. The van der Waals surface area contributed by atoms with Crippen LogP contribution in [0, 0.1) is 11.7 Å². The second-order valence-corrected chi connectivity index (χ2v) is 7.03. The number of carbonyl (C=O) groups excluding carboxylic acids is 3. The van der Waals surface area contributed by atoms with Crippen LogP contribution in [0.15, 0.2) is 54.6 Å². The summed E-state index contributed by atoms with van der Waals surface area (Å²) in [5.74, 6) is -2.20. The summed E-state index contributed by atoms with van der Waals surface area (Å²) in [7, 11) is 0. The number of carbonyl (C=O) groups is 3. The molecule has 1 unspecified atom stereocenters. The highest BCUT2D eigenvalue weighted by Gasteiger charge is 2.29. The smallest absolute Gasteiger partial charge is 0.329 e. The van der Waals surface area contributed by atoms with E-state index < -0.39 is 29.8 Å². The number of esters is 1. The van der Waals surface area contributed by atoms with Gasteiger partial charge in [-0.3, -0.25) is 9.59 Å². The number of hydrogen-bond acceptors (Lipinski definition) is 4. The first-order valence-corrected chi connectivity index (χ1v) is 9.36. The molecule has 0 heterocycles. The Morgan fingerprint density at radius 2 is 1.59 bits per heavy atom. The topological polar surface area (TPSA) is 84.5 Å². The predicted molar refractivity (Wildman–Crippen MR) is 107 cm³/mol. The van der Waals surface area contributed by atoms with Gasteiger partial charge >= 0.3 is 5.97 Å². The van der Waals surface area contributed by atoms with E-state index in [0.717, 1.165) is 5.56 Å². The van der Waals surface area contributed by atoms with Gasteiger partial charge in [-0.05, 0) is 42.7 Å². The molecule has 29 heavy (non-hydrogen) atoms. The minimum atomic E-state index is -1.08. The van der Waals surface area contributed by atoms with Gasteiger partial charge in [0, 0.05) is 5.69 Å². The van der Waals surface area contributed by atoms with Gasteiger partial charge in [-0.2, -0.15) is 0 Å². The maximum Gasteiger partial charge on any atom is 0.329 e. The van der Waals surface area contributed by atoms with Crippen molar-refractivity contribution in [3.8, 4) is 0 Å². The number of amides is 2. The first-order chi connectivity index (χ1) is 13.8. The predicted octanol–water partition coefficient (Wildman–Crippen LogP) is 3.08. The average Bonchev–Trinajstić information content (AvgIpc) is 2.68. The largest absolute Gasteiger partial charge is 0.451 e. The molecule has 154 valence electrons. The van der Waals surface area contributed by atoms with E-state index in [4.69, 9.17) is 4.74 Å². The standard InChI is InChI=1S/C22H25FN2O4/c1-14(2)20(25-19(26)13-16-7-5-4-6-8-16)22(28)29-15(3)21(27)24-18-11-9-17(23)10-12-18/h4-12,14-15,20H,13H2,1-3H3,(H,24,27)(H,25,26)/t15?,20-/m0/s1. The van der Waals surface area contributed by atoms with Crippen LogP contribution in [-0.2, 0) is 25.5 Å². The summed E-state index contributed by atoms with van der Waals surface area (Å²) in [6, 6.07) is 13.5. The van der Waals surface area contributed by atoms with Crippen LogP contribution in [0.3, 0.4) is 0 Å². The van der Waals surface area contributed by atoms with Crippen LogP contribution >= 0.6 is 0 Å². The van der Waals surface area contributed by atoms with E-state index >= 15 is 0 Å². The van der Waals surface area contributed by atoms with Crippen LogP contribution in [-0.4, -0.2) is 29.9 Å². The molecule has 0 radical (unpaired) electrons. The third-order valence-corrected chi connectivity index (χ3v) is 4.22. The number of nitrogens with one attached hydrogen (secondary N) is 2. The van der Waals surface area contributed by atoms with Gasteiger partial charge < -0.3 is 15.4 Å². The minimum absolute atomic E-state index is 0.137. The number of rotatable bonds is 8. The summed E-state index contributed by atoms with van der Waals surface area (Å²) in [6.45, 7) is 4.98. The van der Waals surface area contributed by atoms with E-state index in [1.807, 2.05) is 30.3 Å². The van der Waals surface area contributed by atoms with Gasteiger partial charge in [0.05, 0.1) is 6.42 Å². The van der Waals surface area contributed by atoms with Gasteiger partial charge in [-0.1, -0.05) is 44.2 Å². The monoisotopic (exact) mass is 400 g/mol. The molecule has 2 amide bonds. The maximum atomic E-state index is 12.9. The lowest BCUT2D eigenvalue weighted by molar-refractivity contribution is -0.157. The molecular formula is C22H25FN2O4. The Kier molecular flexibility index (Phi) is 7.88. The average molecular weight is 400 g/mol. The number of ether oxygens (including phenoxy) is 1. The Morgan fingerprint density at radius 3 is 2.17 bits per heavy atom. The summed E-state index contributed by atoms with van der Waals surface area (Å²) in [5.41, 5.74) is 1.21. The Hall–Kier alpha value is -3.22. The highest BCUT2D eigenvalue weighted by molar-refractivity contribution is 5.95. The quantitative estimate of drug-likeness (QED) is 0.667. The summed E-state index contributed by atoms with van der Waals surface area (Å²) in [6.07, 6.45) is -0.947. The fourth-order valence-electron chi connectivity index (χ4n) is 2.58. The molecule has 0 aromatic heterocycles. The van der Waals surface area contributed by atoms with Gasteiger partial charge in [-0.15, -0.1) is 0 Å². The normalized spacial score (nSPS) is 12.7. The number of benzene rings is 2. The molecule has 0 spiro atoms. The van der Waals surface area contributed by atoms with E-state index in [2.05, 4.69) is 10.6 Å². The zero-order valence-corrected chi connectivity index (χ0v) is 16.6. The molecule has 2 aromatic rings. The summed E-state index contributed by atoms with van der Waals surface area (Å²) >= 11 is 0. The molecule has 0 aliphatic heterocycles. The lowest BCUT2D eigenvalue weighted by Crippen LogP contribution is -2.47. The molecule has 0 saturated carbocycles. The van der Waals surface area contributed by atoms with Crippen molar-refractivity contribution in [3.63, 3.8) is 0 Å². The van der Waals surface area contributed by atoms with Crippen molar-refractivity contribution in [2.24, 2.45) is 5.92 Å². The molecule has 2 aromatic carbocycles. The van der Waals surface area contributed by atoms with Crippen molar-refractivity contribution < 1.29 is 23.5 Å². The molecular weight excluding hydrogens is 375 g/mol. The Bertz CT molecular complexity index is 838. The van der Waals surface area contributed by atoms with Crippen molar-refractivity contribution in [2.45, 2.75) is 39.3 Å². The van der Waals surface area contributed by atoms with Crippen molar-refractivity contribution in [1.82, 2.24) is 5.32 Å². The van der Waals surface area contributed by atoms with Gasteiger partial charge in [0.2, 0.25) is 5.91 Å². The Labute approximate surface area is 169 Å². The molecule has 0 saturated heterocycles. The van der Waals surface area contributed by atoms with Gasteiger partial charge in [0.25, 0.3) is 5.91 Å². The number of hydrogen-bond donors (Lipinski definition) is 2. The van der Waals surface area contributed by atoms with Crippen LogP contribution in [0.2, 0.25) is 0 Å². The second-order valence-electron chi connectivity index (χ2n) is 7.03. The van der Waals surface area contributed by atoms with Crippen LogP contribution in [0.4, 0.5) is 10.1 Å². The molecule has 0 aliphatic rings. The van der Waals surface area contributed by atoms with E-state index in [1.165, 1.54) is 31.2 Å². The Morgan fingerprint density at radius 1 is 0.966 bits per heavy atom. The molecule has 0 fully saturated rings. The lowest BCUT2D eigenvalue weighted by atomic mass is 10.0. The van der Waals surface area contributed by atoms with Crippen LogP contribution in [0.5, 0.6) is 0 Å². The third-order valence-electron chi connectivity index (χ3n) is 4.22. The zero-order chi connectivity index (χ0) is 21.4. The van der Waals surface area contributed by atoms with Crippen molar-refractivity contribution in [2.75, 3.05) is 5.32 Å². The summed E-state index contributed by atoms with van der Waals surface area (Å²) in [5, 5.41) is 5.22. The number of anilines is 1.